The molecule has 1 aromatic carbocycles. The molecule has 0 saturated heterocycles. The maximum Gasteiger partial charge on any atom is 0.339 e. The summed E-state index contributed by atoms with van der Waals surface area (Å²) in [5, 5.41) is 18.8. The summed E-state index contributed by atoms with van der Waals surface area (Å²) in [5.74, 6) is -1.16. The van der Waals surface area contributed by atoms with Crippen LogP contribution in [0.5, 0.6) is 0 Å². The smallest absolute Gasteiger partial charge is 0.339 e. The molecule has 144 valence electrons. The molecular weight excluding hydrogens is 348 g/mol. The molecule has 0 saturated carbocycles. The van der Waals surface area contributed by atoms with Crippen LogP contribution in [-0.2, 0) is 9.59 Å². The first kappa shape index (κ1) is 20.2. The Hall–Kier alpha value is -3.16. The zero-order valence-corrected chi connectivity index (χ0v) is 15.5. The van der Waals surface area contributed by atoms with Gasteiger partial charge in [-0.25, -0.2) is 9.48 Å². The largest absolute Gasteiger partial charge is 0.478 e. The number of aromatic carboxylic acids is 1. The molecular formula is C19H24N4O4. The van der Waals surface area contributed by atoms with Gasteiger partial charge in [-0.2, -0.15) is 5.10 Å². The van der Waals surface area contributed by atoms with E-state index in [0.29, 0.717) is 30.0 Å². The predicted molar refractivity (Wildman–Crippen MR) is 101 cm³/mol. The third-order valence-corrected chi connectivity index (χ3v) is 4.07. The molecule has 0 unspecified atom stereocenters. The number of nitrogens with one attached hydrogen (secondary N) is 2. The van der Waals surface area contributed by atoms with Crippen molar-refractivity contribution in [2.45, 2.75) is 39.5 Å². The maximum atomic E-state index is 12.1. The molecule has 0 atom stereocenters. The van der Waals surface area contributed by atoms with Crippen molar-refractivity contribution in [3.05, 3.63) is 41.7 Å². The number of unbranched alkanes of at least 4 members (excludes halogenated alkanes) is 2. The Morgan fingerprint density at radius 2 is 1.96 bits per heavy atom. The van der Waals surface area contributed by atoms with Crippen LogP contribution in [0.15, 0.2) is 30.5 Å². The van der Waals surface area contributed by atoms with Gasteiger partial charge in [0.25, 0.3) is 0 Å². The highest BCUT2D eigenvalue weighted by atomic mass is 16.4. The van der Waals surface area contributed by atoms with E-state index in [-0.39, 0.29) is 17.4 Å². The highest BCUT2D eigenvalue weighted by molar-refractivity contribution is 5.91. The van der Waals surface area contributed by atoms with Crippen molar-refractivity contribution in [2.75, 3.05) is 11.9 Å². The fraction of sp³-hybridized carbons (Fsp3) is 0.368. The van der Waals surface area contributed by atoms with Crippen LogP contribution in [0.3, 0.4) is 0 Å². The lowest BCUT2D eigenvalue weighted by molar-refractivity contribution is -0.119. The van der Waals surface area contributed by atoms with Crippen molar-refractivity contribution in [1.29, 1.82) is 0 Å². The highest BCUT2D eigenvalue weighted by Crippen LogP contribution is 2.18. The molecule has 8 nitrogen and oxygen atoms in total. The van der Waals surface area contributed by atoms with Crippen molar-refractivity contribution in [2.24, 2.45) is 0 Å². The van der Waals surface area contributed by atoms with E-state index in [2.05, 4.69) is 15.7 Å². The number of nitrogens with zero attached hydrogens (tertiary/aromatic N) is 2. The summed E-state index contributed by atoms with van der Waals surface area (Å²) in [6.45, 7) is 3.79. The number of amides is 2. The summed E-state index contributed by atoms with van der Waals surface area (Å²) in [6.07, 6.45) is 4.15. The van der Waals surface area contributed by atoms with Crippen LogP contribution < -0.4 is 10.6 Å². The monoisotopic (exact) mass is 372 g/mol. The third kappa shape index (κ3) is 5.95. The van der Waals surface area contributed by atoms with E-state index in [1.807, 2.05) is 0 Å². The lowest BCUT2D eigenvalue weighted by Crippen LogP contribution is -2.20. The van der Waals surface area contributed by atoms with Gasteiger partial charge in [-0.15, -0.1) is 0 Å². The Labute approximate surface area is 157 Å². The Morgan fingerprint density at radius 3 is 2.63 bits per heavy atom. The van der Waals surface area contributed by atoms with E-state index in [0.717, 1.165) is 19.3 Å². The van der Waals surface area contributed by atoms with Crippen LogP contribution in [0.2, 0.25) is 0 Å². The number of rotatable bonds is 9. The third-order valence-electron chi connectivity index (χ3n) is 4.07. The zero-order chi connectivity index (χ0) is 19.8. The van der Waals surface area contributed by atoms with E-state index in [9.17, 15) is 14.4 Å². The van der Waals surface area contributed by atoms with Crippen molar-refractivity contribution in [1.82, 2.24) is 15.1 Å². The Balaban J connectivity index is 1.89. The molecule has 1 heterocycles. The van der Waals surface area contributed by atoms with Crippen LogP contribution in [0.4, 0.5) is 5.69 Å². The van der Waals surface area contributed by atoms with Gasteiger partial charge < -0.3 is 15.7 Å². The number of hydrogen-bond acceptors (Lipinski definition) is 4. The number of hydrogen-bond donors (Lipinski definition) is 3. The van der Waals surface area contributed by atoms with Gasteiger partial charge in [0.15, 0.2) is 0 Å². The Kier molecular flexibility index (Phi) is 7.10. The SMILES string of the molecule is CC(=O)NCCCCCC(=O)Nc1cccc(-n2ncc(C(=O)O)c2C)c1. The summed E-state index contributed by atoms with van der Waals surface area (Å²) >= 11 is 0. The number of carbonyl (C=O) groups excluding carboxylic acids is 2. The van der Waals surface area contributed by atoms with Crippen LogP contribution in [-0.4, -0.2) is 39.2 Å². The molecule has 0 spiro atoms. The lowest BCUT2D eigenvalue weighted by Gasteiger charge is -2.09. The van der Waals surface area contributed by atoms with E-state index in [1.54, 1.807) is 31.2 Å². The van der Waals surface area contributed by atoms with Gasteiger partial charge in [0.1, 0.15) is 5.56 Å². The average molecular weight is 372 g/mol. The van der Waals surface area contributed by atoms with Crippen LogP contribution in [0.25, 0.3) is 5.69 Å². The summed E-state index contributed by atoms with van der Waals surface area (Å²) in [4.78, 5) is 34.0. The van der Waals surface area contributed by atoms with Crippen LogP contribution in [0, 0.1) is 6.92 Å². The highest BCUT2D eigenvalue weighted by Gasteiger charge is 2.14. The fourth-order valence-electron chi connectivity index (χ4n) is 2.67. The molecule has 8 heteroatoms. The first-order valence-electron chi connectivity index (χ1n) is 8.81. The van der Waals surface area contributed by atoms with E-state index in [4.69, 9.17) is 5.11 Å². The second kappa shape index (κ2) is 9.51. The number of carbonyl (C=O) groups is 3. The maximum absolute atomic E-state index is 12.1. The van der Waals surface area contributed by atoms with Crippen LogP contribution in [0.1, 0.15) is 48.7 Å². The van der Waals surface area contributed by atoms with Gasteiger partial charge in [-0.05, 0) is 38.0 Å². The van der Waals surface area contributed by atoms with Gasteiger partial charge in [0, 0.05) is 25.6 Å². The first-order valence-corrected chi connectivity index (χ1v) is 8.81. The van der Waals surface area contributed by atoms with Crippen molar-refractivity contribution in [3.8, 4) is 5.69 Å². The lowest BCUT2D eigenvalue weighted by atomic mass is 10.2. The van der Waals surface area contributed by atoms with Crippen molar-refractivity contribution < 1.29 is 19.5 Å². The number of anilines is 1. The van der Waals surface area contributed by atoms with Gasteiger partial charge in [-0.3, -0.25) is 9.59 Å². The minimum Gasteiger partial charge on any atom is -0.478 e. The summed E-state index contributed by atoms with van der Waals surface area (Å²) in [6, 6.07) is 7.10. The molecule has 0 radical (unpaired) electrons. The zero-order valence-electron chi connectivity index (χ0n) is 15.5. The summed E-state index contributed by atoms with van der Waals surface area (Å²) in [7, 11) is 0. The minimum atomic E-state index is -1.03. The molecule has 2 aromatic rings. The summed E-state index contributed by atoms with van der Waals surface area (Å²) < 4.78 is 1.53. The minimum absolute atomic E-state index is 0.0458. The molecule has 0 aliphatic heterocycles. The van der Waals surface area contributed by atoms with Crippen molar-refractivity contribution in [3.63, 3.8) is 0 Å². The topological polar surface area (TPSA) is 113 Å². The molecule has 3 N–H and O–H groups in total. The molecule has 0 aliphatic carbocycles. The molecule has 0 bridgehead atoms. The number of carboxylic acids is 1. The molecule has 0 fully saturated rings. The molecule has 2 rings (SSSR count). The normalized spacial score (nSPS) is 10.4. The van der Waals surface area contributed by atoms with E-state index < -0.39 is 5.97 Å². The van der Waals surface area contributed by atoms with E-state index >= 15 is 0 Å². The van der Waals surface area contributed by atoms with Gasteiger partial charge in [0.05, 0.1) is 17.6 Å². The molecule has 1 aromatic heterocycles. The Morgan fingerprint density at radius 1 is 1.19 bits per heavy atom. The standard InChI is InChI=1S/C19H24N4O4/c1-13-17(19(26)27)12-21-23(13)16-8-6-7-15(11-16)22-18(25)9-4-3-5-10-20-14(2)24/h6-8,11-12H,3-5,9-10H2,1-2H3,(H,20,24)(H,22,25)(H,26,27). The quantitative estimate of drug-likeness (QED) is 0.585. The molecule has 0 aliphatic rings. The second-order valence-electron chi connectivity index (χ2n) is 6.25. The summed E-state index contributed by atoms with van der Waals surface area (Å²) in [5.41, 5.74) is 1.96. The van der Waals surface area contributed by atoms with E-state index in [1.165, 1.54) is 17.8 Å². The Bertz CT molecular complexity index is 829. The van der Waals surface area contributed by atoms with Gasteiger partial charge in [0.2, 0.25) is 11.8 Å². The van der Waals surface area contributed by atoms with Gasteiger partial charge in [-0.1, -0.05) is 12.5 Å². The number of aromatic nitrogens is 2. The molecule has 27 heavy (non-hydrogen) atoms. The molecule has 2 amide bonds. The fourth-order valence-corrected chi connectivity index (χ4v) is 2.67. The predicted octanol–water partition coefficient (Wildman–Crippen LogP) is 2.51. The average Bonchev–Trinajstić information content (AvgIpc) is 2.99. The second-order valence-corrected chi connectivity index (χ2v) is 6.25. The van der Waals surface area contributed by atoms with Crippen molar-refractivity contribution >= 4 is 23.5 Å². The number of carboxylic acid groups (broad SMARTS) is 1. The van der Waals surface area contributed by atoms with Crippen LogP contribution >= 0.6 is 0 Å². The van der Waals surface area contributed by atoms with Gasteiger partial charge >= 0.3 is 5.97 Å². The first-order chi connectivity index (χ1) is 12.9. The number of benzene rings is 1.